The number of carbonyl (C=O) groups excluding carboxylic acids is 2. The first kappa shape index (κ1) is 20.5. The molecule has 0 spiro atoms. The van der Waals surface area contributed by atoms with Gasteiger partial charge in [0.2, 0.25) is 5.91 Å². The largest absolute Gasteiger partial charge is 0.294 e. The van der Waals surface area contributed by atoms with Crippen molar-refractivity contribution in [1.29, 1.82) is 0 Å². The second-order valence-corrected chi connectivity index (χ2v) is 9.72. The van der Waals surface area contributed by atoms with Gasteiger partial charge in [-0.15, -0.1) is 0 Å². The number of amides is 1. The van der Waals surface area contributed by atoms with Crippen molar-refractivity contribution in [1.82, 2.24) is 0 Å². The van der Waals surface area contributed by atoms with Gasteiger partial charge in [-0.25, -0.2) is 0 Å². The summed E-state index contributed by atoms with van der Waals surface area (Å²) in [6.07, 6.45) is 1.20. The topological polar surface area (TPSA) is 37.4 Å². The van der Waals surface area contributed by atoms with Gasteiger partial charge in [-0.1, -0.05) is 66.8 Å². The van der Waals surface area contributed by atoms with Crippen LogP contribution in [0.15, 0.2) is 53.7 Å². The van der Waals surface area contributed by atoms with Gasteiger partial charge >= 0.3 is 0 Å². The van der Waals surface area contributed by atoms with E-state index in [2.05, 4.69) is 0 Å². The molecule has 2 aliphatic rings. The van der Waals surface area contributed by atoms with E-state index in [1.54, 1.807) is 29.2 Å². The van der Waals surface area contributed by atoms with E-state index < -0.39 is 0 Å². The Hall–Kier alpha value is -1.81. The third kappa shape index (κ3) is 3.84. The molecule has 0 fully saturated rings. The molecule has 1 heterocycles. The van der Waals surface area contributed by atoms with Gasteiger partial charge in [-0.05, 0) is 41.7 Å². The maximum Gasteiger partial charge on any atom is 0.232 e. The van der Waals surface area contributed by atoms with Gasteiger partial charge in [-0.2, -0.15) is 0 Å². The van der Waals surface area contributed by atoms with Crippen LogP contribution < -0.4 is 4.90 Å². The highest BCUT2D eigenvalue weighted by Crippen LogP contribution is 2.49. The van der Waals surface area contributed by atoms with Crippen molar-refractivity contribution < 1.29 is 9.59 Å². The van der Waals surface area contributed by atoms with Crippen molar-refractivity contribution in [2.75, 3.05) is 4.90 Å². The summed E-state index contributed by atoms with van der Waals surface area (Å²) in [6, 6.07) is 12.4. The van der Waals surface area contributed by atoms with Crippen LogP contribution >= 0.6 is 34.8 Å². The van der Waals surface area contributed by atoms with Gasteiger partial charge in [0, 0.05) is 45.1 Å². The van der Waals surface area contributed by atoms with E-state index in [4.69, 9.17) is 34.8 Å². The minimum absolute atomic E-state index is 0.0618. The fraction of sp³-hybridized carbons (Fsp3) is 0.304. The van der Waals surface area contributed by atoms with Crippen LogP contribution in [0, 0.1) is 5.41 Å². The Labute approximate surface area is 185 Å². The van der Waals surface area contributed by atoms with Crippen LogP contribution in [0.3, 0.4) is 0 Å². The second kappa shape index (κ2) is 7.46. The lowest BCUT2D eigenvalue weighted by Crippen LogP contribution is -2.43. The number of Topliss-reactive ketones (excluding diaryl/α,β-unsaturated/α-hetero) is 1. The van der Waals surface area contributed by atoms with Gasteiger partial charge in [0.25, 0.3) is 0 Å². The molecule has 0 bridgehead atoms. The molecule has 0 N–H and O–H groups in total. The van der Waals surface area contributed by atoms with E-state index in [1.165, 1.54) is 0 Å². The van der Waals surface area contributed by atoms with Crippen molar-refractivity contribution in [2.45, 2.75) is 39.0 Å². The Kier molecular flexibility index (Phi) is 5.27. The molecule has 0 aromatic heterocycles. The smallest absolute Gasteiger partial charge is 0.232 e. The highest BCUT2D eigenvalue weighted by Gasteiger charge is 2.44. The highest BCUT2D eigenvalue weighted by molar-refractivity contribution is 6.35. The van der Waals surface area contributed by atoms with Crippen LogP contribution in [-0.4, -0.2) is 11.7 Å². The quantitative estimate of drug-likeness (QED) is 0.506. The third-order valence-corrected chi connectivity index (χ3v) is 6.31. The summed E-state index contributed by atoms with van der Waals surface area (Å²) in [6.45, 7) is 4.09. The number of rotatable bonds is 2. The van der Waals surface area contributed by atoms with E-state index in [0.717, 1.165) is 11.3 Å². The Morgan fingerprint density at radius 3 is 2.28 bits per heavy atom. The molecule has 1 aliphatic carbocycles. The molecular weight excluding hydrogens is 429 g/mol. The summed E-state index contributed by atoms with van der Waals surface area (Å²) >= 11 is 18.8. The molecule has 1 amide bonds. The lowest BCUT2D eigenvalue weighted by molar-refractivity contribution is -0.121. The van der Waals surface area contributed by atoms with Crippen LogP contribution in [-0.2, 0) is 9.59 Å². The number of benzene rings is 2. The maximum absolute atomic E-state index is 13.3. The van der Waals surface area contributed by atoms with E-state index in [9.17, 15) is 9.59 Å². The first-order valence-corrected chi connectivity index (χ1v) is 10.6. The zero-order chi connectivity index (χ0) is 20.9. The van der Waals surface area contributed by atoms with Crippen LogP contribution in [0.1, 0.15) is 44.6 Å². The number of halogens is 3. The van der Waals surface area contributed by atoms with Crippen molar-refractivity contribution in [2.24, 2.45) is 5.41 Å². The predicted octanol–water partition coefficient (Wildman–Crippen LogP) is 6.81. The first-order valence-electron chi connectivity index (χ1n) is 9.46. The molecule has 1 atom stereocenters. The van der Waals surface area contributed by atoms with Crippen molar-refractivity contribution in [3.63, 3.8) is 0 Å². The number of hydrogen-bond acceptors (Lipinski definition) is 2. The Morgan fingerprint density at radius 1 is 0.966 bits per heavy atom. The van der Waals surface area contributed by atoms with Crippen molar-refractivity contribution in [3.8, 4) is 0 Å². The SMILES string of the molecule is CC1(C)CC(=O)C2=C(C1)N(c1cc(Cl)cc(Cl)c1)C(=O)CC2c1ccccc1Cl. The molecule has 0 saturated carbocycles. The normalized spacial score (nSPS) is 21.4. The molecule has 150 valence electrons. The number of ketones is 1. The average Bonchev–Trinajstić information content (AvgIpc) is 2.59. The summed E-state index contributed by atoms with van der Waals surface area (Å²) in [7, 11) is 0. The summed E-state index contributed by atoms with van der Waals surface area (Å²) in [4.78, 5) is 28.2. The lowest BCUT2D eigenvalue weighted by Gasteiger charge is -2.43. The number of hydrogen-bond donors (Lipinski definition) is 0. The number of nitrogens with zero attached hydrogens (tertiary/aromatic N) is 1. The molecule has 29 heavy (non-hydrogen) atoms. The van der Waals surface area contributed by atoms with Gasteiger partial charge < -0.3 is 0 Å². The summed E-state index contributed by atoms with van der Waals surface area (Å²) in [5, 5.41) is 1.45. The molecule has 2 aromatic carbocycles. The predicted molar refractivity (Wildman–Crippen MR) is 118 cm³/mol. The van der Waals surface area contributed by atoms with Gasteiger partial charge in [-0.3, -0.25) is 14.5 Å². The Bertz CT molecular complexity index is 1040. The third-order valence-electron chi connectivity index (χ3n) is 5.53. The zero-order valence-electron chi connectivity index (χ0n) is 16.1. The van der Waals surface area contributed by atoms with E-state index >= 15 is 0 Å². The molecule has 4 rings (SSSR count). The number of allylic oxidation sites excluding steroid dienone is 2. The average molecular weight is 449 g/mol. The van der Waals surface area contributed by atoms with Crippen molar-refractivity contribution in [3.05, 3.63) is 74.4 Å². The van der Waals surface area contributed by atoms with Crippen LogP contribution in [0.4, 0.5) is 5.69 Å². The summed E-state index contributed by atoms with van der Waals surface area (Å²) < 4.78 is 0. The van der Waals surface area contributed by atoms with Gasteiger partial charge in [0.1, 0.15) is 0 Å². The fourth-order valence-corrected chi connectivity index (χ4v) is 5.19. The van der Waals surface area contributed by atoms with Gasteiger partial charge in [0.05, 0.1) is 5.69 Å². The van der Waals surface area contributed by atoms with Gasteiger partial charge in [0.15, 0.2) is 5.78 Å². The molecule has 0 saturated heterocycles. The van der Waals surface area contributed by atoms with Crippen molar-refractivity contribution >= 4 is 52.2 Å². The van der Waals surface area contributed by atoms with Crippen LogP contribution in [0.5, 0.6) is 0 Å². The standard InChI is InChI=1S/C23H20Cl3NO2/c1-23(2)11-19-22(20(28)12-23)17(16-5-3-4-6-18(16)26)10-21(29)27(19)15-8-13(24)7-14(25)9-15/h3-9,17H,10-12H2,1-2H3. The first-order chi connectivity index (χ1) is 13.7. The Balaban J connectivity index is 1.94. The maximum atomic E-state index is 13.3. The number of anilines is 1. The zero-order valence-corrected chi connectivity index (χ0v) is 18.4. The molecule has 1 unspecified atom stereocenters. The number of carbonyl (C=O) groups is 2. The fourth-order valence-electron chi connectivity index (χ4n) is 4.41. The minimum Gasteiger partial charge on any atom is -0.294 e. The lowest BCUT2D eigenvalue weighted by atomic mass is 9.69. The highest BCUT2D eigenvalue weighted by atomic mass is 35.5. The molecule has 0 radical (unpaired) electrons. The molecule has 3 nitrogen and oxygen atoms in total. The van der Waals surface area contributed by atoms with E-state index in [0.29, 0.717) is 39.2 Å². The minimum atomic E-state index is -0.347. The van der Waals surface area contributed by atoms with Crippen LogP contribution in [0.2, 0.25) is 15.1 Å². The summed E-state index contributed by atoms with van der Waals surface area (Å²) in [5.74, 6) is -0.384. The molecule has 2 aromatic rings. The monoisotopic (exact) mass is 447 g/mol. The molecule has 6 heteroatoms. The summed E-state index contributed by atoms with van der Waals surface area (Å²) in [5.41, 5.74) is 2.55. The Morgan fingerprint density at radius 2 is 1.62 bits per heavy atom. The second-order valence-electron chi connectivity index (χ2n) is 8.44. The van der Waals surface area contributed by atoms with E-state index in [1.807, 2.05) is 32.0 Å². The molecule has 1 aliphatic heterocycles. The molecular formula is C23H20Cl3NO2. The van der Waals surface area contributed by atoms with E-state index in [-0.39, 0.29) is 29.4 Å². The van der Waals surface area contributed by atoms with Crippen LogP contribution in [0.25, 0.3) is 0 Å².